The van der Waals surface area contributed by atoms with E-state index in [1.807, 2.05) is 18.2 Å². The molecule has 0 aliphatic heterocycles. The van der Waals surface area contributed by atoms with Gasteiger partial charge in [-0.3, -0.25) is 14.7 Å². The van der Waals surface area contributed by atoms with Crippen molar-refractivity contribution in [2.24, 2.45) is 0 Å². The Balaban J connectivity index is 1.71. The Kier molecular flexibility index (Phi) is 4.96. The van der Waals surface area contributed by atoms with Crippen LogP contribution in [0.3, 0.4) is 0 Å². The van der Waals surface area contributed by atoms with Gasteiger partial charge in [-0.1, -0.05) is 6.07 Å². The fourth-order valence-corrected chi connectivity index (χ4v) is 3.63. The number of nitrogens with zero attached hydrogens (tertiary/aromatic N) is 5. The third kappa shape index (κ3) is 3.67. The molecule has 3 aromatic heterocycles. The highest BCUT2D eigenvalue weighted by atomic mass is 32.1. The van der Waals surface area contributed by atoms with Crippen molar-refractivity contribution in [3.05, 3.63) is 58.7 Å². The van der Waals surface area contributed by atoms with Gasteiger partial charge in [0.15, 0.2) is 11.5 Å². The summed E-state index contributed by atoms with van der Waals surface area (Å²) in [7, 11) is 3.15. The van der Waals surface area contributed by atoms with E-state index in [0.29, 0.717) is 40.0 Å². The third-order valence-corrected chi connectivity index (χ3v) is 5.17. The second-order valence-electron chi connectivity index (χ2n) is 5.95. The number of nitrogens with one attached hydrogen (secondary N) is 1. The zero-order chi connectivity index (χ0) is 20.4. The first-order valence-corrected chi connectivity index (χ1v) is 9.29. The summed E-state index contributed by atoms with van der Waals surface area (Å²) in [5, 5.41) is 15.1. The Bertz CT molecular complexity index is 1170. The van der Waals surface area contributed by atoms with Crippen molar-refractivity contribution in [3.8, 4) is 17.4 Å². The number of thiophene rings is 1. The maximum atomic E-state index is 11.2. The highest BCUT2D eigenvalue weighted by molar-refractivity contribution is 7.21. The van der Waals surface area contributed by atoms with Crippen LogP contribution in [0.2, 0.25) is 0 Å². The molecule has 0 aliphatic rings. The molecule has 1 aromatic carbocycles. The second kappa shape index (κ2) is 7.72. The fraction of sp³-hybridized carbons (Fsp3) is 0.167. The highest BCUT2D eigenvalue weighted by Gasteiger charge is 2.18. The number of hydrogen-bond donors (Lipinski definition) is 1. The number of ether oxygens (including phenoxy) is 2. The predicted molar refractivity (Wildman–Crippen MR) is 108 cm³/mol. The number of aromatic nitrogens is 4. The van der Waals surface area contributed by atoms with E-state index < -0.39 is 4.92 Å². The summed E-state index contributed by atoms with van der Waals surface area (Å²) in [6.45, 7) is 0.430. The summed E-state index contributed by atoms with van der Waals surface area (Å²) in [4.78, 5) is 24.3. The zero-order valence-corrected chi connectivity index (χ0v) is 16.3. The molecule has 4 rings (SSSR count). The van der Waals surface area contributed by atoms with Gasteiger partial charge in [-0.15, -0.1) is 0 Å². The van der Waals surface area contributed by atoms with E-state index >= 15 is 0 Å². The van der Waals surface area contributed by atoms with E-state index in [4.69, 9.17) is 9.47 Å². The molecule has 0 spiro atoms. The highest BCUT2D eigenvalue weighted by Crippen LogP contribution is 2.34. The van der Waals surface area contributed by atoms with Crippen LogP contribution in [0, 0.1) is 10.1 Å². The van der Waals surface area contributed by atoms with Crippen molar-refractivity contribution in [3.63, 3.8) is 0 Å². The van der Waals surface area contributed by atoms with Gasteiger partial charge in [-0.05, 0) is 29.0 Å². The van der Waals surface area contributed by atoms with Crippen molar-refractivity contribution in [1.82, 2.24) is 19.5 Å². The molecule has 11 heteroatoms. The lowest BCUT2D eigenvalue weighted by molar-refractivity contribution is -0.380. The zero-order valence-electron chi connectivity index (χ0n) is 15.5. The van der Waals surface area contributed by atoms with E-state index in [-0.39, 0.29) is 5.00 Å². The minimum Gasteiger partial charge on any atom is -0.493 e. The topological polar surface area (TPSA) is 117 Å². The summed E-state index contributed by atoms with van der Waals surface area (Å²) in [5.74, 6) is 2.13. The van der Waals surface area contributed by atoms with Crippen LogP contribution >= 0.6 is 11.3 Å². The summed E-state index contributed by atoms with van der Waals surface area (Å²) >= 11 is 1.00. The molecule has 0 unspecified atom stereocenters. The first kappa shape index (κ1) is 18.6. The summed E-state index contributed by atoms with van der Waals surface area (Å²) in [5.41, 5.74) is 0.934. The van der Waals surface area contributed by atoms with E-state index in [2.05, 4.69) is 20.3 Å². The number of fused-ring (bicyclic) bond motifs is 1. The molecular formula is C18H16N6O4S. The van der Waals surface area contributed by atoms with Gasteiger partial charge in [0.05, 0.1) is 24.5 Å². The van der Waals surface area contributed by atoms with Gasteiger partial charge in [-0.25, -0.2) is 9.97 Å². The van der Waals surface area contributed by atoms with Crippen molar-refractivity contribution in [2.45, 2.75) is 6.54 Å². The number of methoxy groups -OCH3 is 2. The van der Waals surface area contributed by atoms with Crippen molar-refractivity contribution in [2.75, 3.05) is 19.5 Å². The number of hydrogen-bond acceptors (Lipinski definition) is 9. The fourth-order valence-electron chi connectivity index (χ4n) is 2.79. The van der Waals surface area contributed by atoms with E-state index in [9.17, 15) is 10.1 Å². The van der Waals surface area contributed by atoms with Crippen LogP contribution in [0.1, 0.15) is 5.56 Å². The maximum absolute atomic E-state index is 11.2. The van der Waals surface area contributed by atoms with Gasteiger partial charge in [0.1, 0.15) is 17.0 Å². The number of nitro groups is 1. The molecule has 10 nitrogen and oxygen atoms in total. The quantitative estimate of drug-likeness (QED) is 0.362. The van der Waals surface area contributed by atoms with Crippen molar-refractivity contribution < 1.29 is 14.4 Å². The van der Waals surface area contributed by atoms with Crippen LogP contribution in [0.15, 0.2) is 43.0 Å². The maximum Gasteiger partial charge on any atom is 0.326 e. The standard InChI is InChI=1S/C18H16N6O4S/c1-27-13-4-3-11(7-14(13)28-2)9-20-16-12-8-15(24(25)26)29-17(12)22-18(21-16)23-6-5-19-10-23/h3-8,10H,9H2,1-2H3,(H,20,21,22). The van der Waals surface area contributed by atoms with Crippen LogP contribution < -0.4 is 14.8 Å². The predicted octanol–water partition coefficient (Wildman–Crippen LogP) is 3.41. The summed E-state index contributed by atoms with van der Waals surface area (Å²) in [6.07, 6.45) is 4.89. The first-order valence-electron chi connectivity index (χ1n) is 8.48. The molecule has 0 saturated carbocycles. The average Bonchev–Trinajstić information content (AvgIpc) is 3.41. The molecule has 148 valence electrons. The average molecular weight is 412 g/mol. The summed E-state index contributed by atoms with van der Waals surface area (Å²) in [6, 6.07) is 7.06. The molecule has 0 fully saturated rings. The smallest absolute Gasteiger partial charge is 0.326 e. The monoisotopic (exact) mass is 412 g/mol. The number of benzene rings is 1. The third-order valence-electron chi connectivity index (χ3n) is 4.19. The minimum atomic E-state index is -0.429. The molecular weight excluding hydrogens is 396 g/mol. The lowest BCUT2D eigenvalue weighted by Crippen LogP contribution is -2.06. The van der Waals surface area contributed by atoms with Crippen LogP contribution in [-0.4, -0.2) is 38.7 Å². The molecule has 4 aromatic rings. The Hall–Kier alpha value is -3.73. The van der Waals surface area contributed by atoms with Gasteiger partial charge in [-0.2, -0.15) is 4.98 Å². The molecule has 3 heterocycles. The van der Waals surface area contributed by atoms with Crippen LogP contribution in [0.4, 0.5) is 10.8 Å². The Morgan fingerprint density at radius 2 is 2.03 bits per heavy atom. The van der Waals surface area contributed by atoms with Crippen LogP contribution in [0.25, 0.3) is 16.2 Å². The summed E-state index contributed by atoms with van der Waals surface area (Å²) < 4.78 is 12.2. The first-order chi connectivity index (χ1) is 14.1. The molecule has 0 bridgehead atoms. The number of rotatable bonds is 7. The molecule has 0 aliphatic carbocycles. The van der Waals surface area contributed by atoms with Gasteiger partial charge in [0.2, 0.25) is 5.95 Å². The molecule has 0 radical (unpaired) electrons. The number of anilines is 1. The van der Waals surface area contributed by atoms with E-state index in [1.54, 1.807) is 37.5 Å². The van der Waals surface area contributed by atoms with E-state index in [0.717, 1.165) is 16.9 Å². The Morgan fingerprint density at radius 3 is 2.72 bits per heavy atom. The molecule has 0 saturated heterocycles. The molecule has 1 N–H and O–H groups in total. The van der Waals surface area contributed by atoms with Gasteiger partial charge < -0.3 is 14.8 Å². The van der Waals surface area contributed by atoms with E-state index in [1.165, 1.54) is 6.07 Å². The van der Waals surface area contributed by atoms with Crippen LogP contribution in [0.5, 0.6) is 11.5 Å². The largest absolute Gasteiger partial charge is 0.493 e. The Morgan fingerprint density at radius 1 is 1.21 bits per heavy atom. The van der Waals surface area contributed by atoms with Crippen molar-refractivity contribution >= 4 is 32.4 Å². The van der Waals surface area contributed by atoms with Gasteiger partial charge in [0.25, 0.3) is 0 Å². The minimum absolute atomic E-state index is 0.00579. The normalized spacial score (nSPS) is 10.8. The molecule has 29 heavy (non-hydrogen) atoms. The Labute approximate surface area is 168 Å². The SMILES string of the molecule is COc1ccc(CNc2nc(-n3ccnc3)nc3sc([N+](=O)[O-])cc23)cc1OC. The van der Waals surface area contributed by atoms with Gasteiger partial charge in [0, 0.05) is 25.0 Å². The second-order valence-corrected chi connectivity index (χ2v) is 6.95. The lowest BCUT2D eigenvalue weighted by Gasteiger charge is -2.11. The molecule has 0 amide bonds. The van der Waals surface area contributed by atoms with Gasteiger partial charge >= 0.3 is 5.00 Å². The van der Waals surface area contributed by atoms with Crippen LogP contribution in [-0.2, 0) is 6.54 Å². The number of imidazole rings is 1. The lowest BCUT2D eigenvalue weighted by atomic mass is 10.2. The van der Waals surface area contributed by atoms with Crippen molar-refractivity contribution in [1.29, 1.82) is 0 Å². The molecule has 0 atom stereocenters.